The van der Waals surface area contributed by atoms with Crippen LogP contribution in [0.3, 0.4) is 0 Å². The molecule has 3 fully saturated rings. The number of halogens is 1. The predicted molar refractivity (Wildman–Crippen MR) is 102 cm³/mol. The molecule has 0 radical (unpaired) electrons. The number of hydrogen-bond donors (Lipinski definition) is 1. The van der Waals surface area contributed by atoms with E-state index >= 15 is 0 Å². The Kier molecular flexibility index (Phi) is 6.18. The summed E-state index contributed by atoms with van der Waals surface area (Å²) in [6.07, 6.45) is 6.06. The van der Waals surface area contributed by atoms with Gasteiger partial charge in [-0.25, -0.2) is 0 Å². The fourth-order valence-corrected chi connectivity index (χ4v) is 5.77. The summed E-state index contributed by atoms with van der Waals surface area (Å²) in [7, 11) is 1.43. The van der Waals surface area contributed by atoms with Crippen molar-refractivity contribution in [3.8, 4) is 0 Å². The second-order valence-corrected chi connectivity index (χ2v) is 9.89. The van der Waals surface area contributed by atoms with Crippen molar-refractivity contribution in [2.24, 2.45) is 23.2 Å². The number of fused-ring (bicyclic) bond motifs is 1. The minimum atomic E-state index is -0.237. The number of hydrogen-bond acceptors (Lipinski definition) is 4. The van der Waals surface area contributed by atoms with E-state index in [0.29, 0.717) is 12.5 Å². The molecule has 3 aliphatic rings. The SMILES string of the molecule is COC(=O)C1CC2CCC(Cl)CC2C1NC(=O)CN1CCCC(C)(C)C1. The standard InChI is InChI=1S/C20H33ClN2O3/c1-20(2)7-4-8-23(12-20)11-17(24)22-18-15-10-14(21)6-5-13(15)9-16(18)19(25)26-3/h13-16,18H,4-12H2,1-3H3,(H,22,24). The Labute approximate surface area is 162 Å². The summed E-state index contributed by atoms with van der Waals surface area (Å²) in [6.45, 7) is 6.84. The van der Waals surface area contributed by atoms with E-state index in [1.165, 1.54) is 13.5 Å². The van der Waals surface area contributed by atoms with Gasteiger partial charge in [0, 0.05) is 18.0 Å². The maximum absolute atomic E-state index is 12.8. The first-order chi connectivity index (χ1) is 12.3. The number of carbonyl (C=O) groups is 2. The second-order valence-electron chi connectivity index (χ2n) is 9.27. The normalized spacial score (nSPS) is 37.0. The molecule has 26 heavy (non-hydrogen) atoms. The molecular formula is C20H33ClN2O3. The lowest BCUT2D eigenvalue weighted by molar-refractivity contribution is -0.146. The van der Waals surface area contributed by atoms with Gasteiger partial charge in [0.05, 0.1) is 19.6 Å². The lowest BCUT2D eigenvalue weighted by Gasteiger charge is -2.38. The smallest absolute Gasteiger partial charge is 0.310 e. The molecule has 2 aliphatic carbocycles. The van der Waals surface area contributed by atoms with E-state index in [-0.39, 0.29) is 40.5 Å². The Hall–Kier alpha value is -0.810. The molecule has 148 valence electrons. The van der Waals surface area contributed by atoms with Crippen LogP contribution in [0.2, 0.25) is 0 Å². The molecule has 1 aliphatic heterocycles. The molecule has 3 rings (SSSR count). The minimum absolute atomic E-state index is 0.0268. The lowest BCUT2D eigenvalue weighted by atomic mass is 9.80. The van der Waals surface area contributed by atoms with Crippen molar-refractivity contribution in [1.82, 2.24) is 10.2 Å². The predicted octanol–water partition coefficient (Wildman–Crippen LogP) is 2.81. The van der Waals surface area contributed by atoms with Gasteiger partial charge in [0.25, 0.3) is 0 Å². The highest BCUT2D eigenvalue weighted by Crippen LogP contribution is 2.47. The quantitative estimate of drug-likeness (QED) is 0.598. The second kappa shape index (κ2) is 8.05. The number of nitrogens with zero attached hydrogens (tertiary/aromatic N) is 1. The molecule has 1 saturated heterocycles. The number of rotatable bonds is 4. The Morgan fingerprint density at radius 1 is 1.27 bits per heavy atom. The first kappa shape index (κ1) is 19.9. The lowest BCUT2D eigenvalue weighted by Crippen LogP contribution is -2.51. The first-order valence-electron chi connectivity index (χ1n) is 10.0. The highest BCUT2D eigenvalue weighted by Gasteiger charge is 2.49. The third kappa shape index (κ3) is 4.53. The van der Waals surface area contributed by atoms with E-state index in [9.17, 15) is 9.59 Å². The van der Waals surface area contributed by atoms with Crippen LogP contribution in [0.25, 0.3) is 0 Å². The van der Waals surface area contributed by atoms with Gasteiger partial charge in [-0.2, -0.15) is 0 Å². The largest absolute Gasteiger partial charge is 0.469 e. The molecule has 0 aromatic heterocycles. The molecule has 0 aromatic carbocycles. The van der Waals surface area contributed by atoms with Gasteiger partial charge in [-0.15, -0.1) is 11.6 Å². The molecule has 0 bridgehead atoms. The summed E-state index contributed by atoms with van der Waals surface area (Å²) in [5.41, 5.74) is 0.265. The fourth-order valence-electron chi connectivity index (χ4n) is 5.43. The van der Waals surface area contributed by atoms with Gasteiger partial charge in [0.2, 0.25) is 5.91 Å². The number of carbonyl (C=O) groups excluding carboxylic acids is 2. The zero-order valence-electron chi connectivity index (χ0n) is 16.3. The third-order valence-corrected chi connectivity index (χ3v) is 7.01. The van der Waals surface area contributed by atoms with Gasteiger partial charge < -0.3 is 10.1 Å². The molecule has 5 unspecified atom stereocenters. The van der Waals surface area contributed by atoms with Gasteiger partial charge in [0.1, 0.15) is 0 Å². The van der Waals surface area contributed by atoms with Crippen molar-refractivity contribution >= 4 is 23.5 Å². The van der Waals surface area contributed by atoms with Gasteiger partial charge in [0.15, 0.2) is 0 Å². The van der Waals surface area contributed by atoms with Crippen LogP contribution in [0.4, 0.5) is 0 Å². The highest BCUT2D eigenvalue weighted by molar-refractivity contribution is 6.20. The van der Waals surface area contributed by atoms with E-state index in [0.717, 1.165) is 45.2 Å². The average molecular weight is 385 g/mol. The van der Waals surface area contributed by atoms with Crippen molar-refractivity contribution in [3.63, 3.8) is 0 Å². The van der Waals surface area contributed by atoms with Crippen LogP contribution in [0, 0.1) is 23.2 Å². The first-order valence-corrected chi connectivity index (χ1v) is 10.5. The summed E-state index contributed by atoms with van der Waals surface area (Å²) in [5.74, 6) is 0.345. The van der Waals surface area contributed by atoms with E-state index in [2.05, 4.69) is 24.1 Å². The van der Waals surface area contributed by atoms with Crippen molar-refractivity contribution in [2.45, 2.75) is 63.8 Å². The summed E-state index contributed by atoms with van der Waals surface area (Å²) in [5, 5.41) is 3.35. The Balaban J connectivity index is 1.64. The van der Waals surface area contributed by atoms with Crippen molar-refractivity contribution in [1.29, 1.82) is 0 Å². The molecule has 5 atom stereocenters. The zero-order chi connectivity index (χ0) is 18.9. The van der Waals surface area contributed by atoms with Gasteiger partial charge in [-0.05, 0) is 62.3 Å². The Morgan fingerprint density at radius 2 is 2.04 bits per heavy atom. The van der Waals surface area contributed by atoms with E-state index in [4.69, 9.17) is 16.3 Å². The average Bonchev–Trinajstić information content (AvgIpc) is 2.91. The molecule has 1 heterocycles. The van der Waals surface area contributed by atoms with E-state index < -0.39 is 0 Å². The molecule has 1 amide bonds. The van der Waals surface area contributed by atoms with Crippen LogP contribution >= 0.6 is 11.6 Å². The number of likely N-dealkylation sites (tertiary alicyclic amines) is 1. The third-order valence-electron chi connectivity index (χ3n) is 6.61. The molecule has 0 spiro atoms. The number of esters is 1. The Morgan fingerprint density at radius 3 is 2.73 bits per heavy atom. The van der Waals surface area contributed by atoms with Crippen molar-refractivity contribution in [3.05, 3.63) is 0 Å². The Bertz CT molecular complexity index is 539. The topological polar surface area (TPSA) is 58.6 Å². The summed E-state index contributed by atoms with van der Waals surface area (Å²) < 4.78 is 5.02. The number of amides is 1. The number of methoxy groups -OCH3 is 1. The molecule has 0 aromatic rings. The molecule has 1 N–H and O–H groups in total. The maximum atomic E-state index is 12.8. The minimum Gasteiger partial charge on any atom is -0.469 e. The summed E-state index contributed by atoms with van der Waals surface area (Å²) >= 11 is 6.40. The van der Waals surface area contributed by atoms with E-state index in [1.54, 1.807) is 0 Å². The summed E-state index contributed by atoms with van der Waals surface area (Å²) in [6, 6.07) is -0.140. The van der Waals surface area contributed by atoms with Gasteiger partial charge in [-0.1, -0.05) is 13.8 Å². The van der Waals surface area contributed by atoms with Gasteiger partial charge >= 0.3 is 5.97 Å². The highest BCUT2D eigenvalue weighted by atomic mass is 35.5. The van der Waals surface area contributed by atoms with Crippen molar-refractivity contribution < 1.29 is 14.3 Å². The van der Waals surface area contributed by atoms with Crippen LogP contribution in [0.15, 0.2) is 0 Å². The van der Waals surface area contributed by atoms with Crippen LogP contribution in [-0.4, -0.2) is 54.9 Å². The summed E-state index contributed by atoms with van der Waals surface area (Å²) in [4.78, 5) is 27.3. The number of ether oxygens (including phenoxy) is 1. The molecule has 2 saturated carbocycles. The van der Waals surface area contributed by atoms with Crippen LogP contribution in [-0.2, 0) is 14.3 Å². The molecular weight excluding hydrogens is 352 g/mol. The monoisotopic (exact) mass is 384 g/mol. The van der Waals surface area contributed by atoms with E-state index in [1.807, 2.05) is 0 Å². The number of alkyl halides is 1. The number of nitrogens with one attached hydrogen (secondary N) is 1. The zero-order valence-corrected chi connectivity index (χ0v) is 17.1. The van der Waals surface area contributed by atoms with Crippen LogP contribution in [0.5, 0.6) is 0 Å². The molecule has 6 heteroatoms. The van der Waals surface area contributed by atoms with Gasteiger partial charge in [-0.3, -0.25) is 14.5 Å². The fraction of sp³-hybridized carbons (Fsp3) is 0.900. The van der Waals surface area contributed by atoms with Crippen LogP contribution in [0.1, 0.15) is 52.4 Å². The van der Waals surface area contributed by atoms with Crippen molar-refractivity contribution in [2.75, 3.05) is 26.7 Å². The maximum Gasteiger partial charge on any atom is 0.310 e. The van der Waals surface area contributed by atoms with Crippen LogP contribution < -0.4 is 5.32 Å². The molecule has 5 nitrogen and oxygen atoms in total. The number of piperidine rings is 1.